The molecule has 4 aromatic carbocycles. The predicted octanol–water partition coefficient (Wildman–Crippen LogP) is 8.26. The van der Waals surface area contributed by atoms with Gasteiger partial charge in [-0.05, 0) is 103 Å². The highest BCUT2D eigenvalue weighted by Crippen LogP contribution is 2.29. The fraction of sp³-hybridized carbons (Fsp3) is 0.324. The zero-order valence-electron chi connectivity index (χ0n) is 27.1. The Hall–Kier alpha value is -4.10. The van der Waals surface area contributed by atoms with Crippen molar-refractivity contribution >= 4 is 21.6 Å². The average molecular weight is 613 g/mol. The molecule has 7 heteroatoms. The lowest BCUT2D eigenvalue weighted by Crippen LogP contribution is -2.30. The van der Waals surface area contributed by atoms with Crippen LogP contribution in [0, 0.1) is 27.7 Å². The first-order valence-corrected chi connectivity index (χ1v) is 16.5. The number of nitrogens with one attached hydrogen (secondary N) is 1. The normalized spacial score (nSPS) is 11.7. The Morgan fingerprint density at radius 1 is 0.818 bits per heavy atom. The van der Waals surface area contributed by atoms with Gasteiger partial charge in [-0.25, -0.2) is 8.42 Å². The molecule has 44 heavy (non-hydrogen) atoms. The number of sulfonamides is 1. The van der Waals surface area contributed by atoms with Crippen molar-refractivity contribution in [3.05, 3.63) is 123 Å². The van der Waals surface area contributed by atoms with E-state index in [2.05, 4.69) is 35.9 Å². The molecule has 1 amide bonds. The molecule has 0 heterocycles. The first kappa shape index (κ1) is 32.8. The summed E-state index contributed by atoms with van der Waals surface area (Å²) in [5, 5.41) is 0. The standard InChI is InChI=1S/C37H44N2O4S/c1-9-39(23-29-19-27(4)35(28(5)20-29)43-24-31-14-11-10-13-25(31)2)36(40)30-15-12-16-33(21-30)38-44(41,42)34-22-32(37(6,7)8)18-17-26(34)3/h10-22,38H,9,23-24H2,1-8H3. The number of benzene rings is 4. The van der Waals surface area contributed by atoms with E-state index in [4.69, 9.17) is 4.74 Å². The van der Waals surface area contributed by atoms with Gasteiger partial charge in [0.05, 0.1) is 4.90 Å². The number of hydrogen-bond donors (Lipinski definition) is 1. The molecule has 0 aromatic heterocycles. The molecular weight excluding hydrogens is 568 g/mol. The van der Waals surface area contributed by atoms with Crippen LogP contribution in [-0.2, 0) is 28.6 Å². The summed E-state index contributed by atoms with van der Waals surface area (Å²) in [6.07, 6.45) is 0. The van der Waals surface area contributed by atoms with Crippen LogP contribution in [0.4, 0.5) is 5.69 Å². The van der Waals surface area contributed by atoms with E-state index in [0.29, 0.717) is 36.5 Å². The van der Waals surface area contributed by atoms with E-state index in [-0.39, 0.29) is 16.2 Å². The number of hydrogen-bond acceptors (Lipinski definition) is 4. The van der Waals surface area contributed by atoms with Gasteiger partial charge in [-0.1, -0.05) is 75.4 Å². The van der Waals surface area contributed by atoms with Gasteiger partial charge in [0, 0.05) is 24.3 Å². The summed E-state index contributed by atoms with van der Waals surface area (Å²) in [5.41, 5.74) is 7.53. The molecule has 1 N–H and O–H groups in total. The summed E-state index contributed by atoms with van der Waals surface area (Å²) in [5.74, 6) is 0.685. The van der Waals surface area contributed by atoms with Crippen LogP contribution in [0.2, 0.25) is 0 Å². The van der Waals surface area contributed by atoms with Gasteiger partial charge >= 0.3 is 0 Å². The summed E-state index contributed by atoms with van der Waals surface area (Å²) in [4.78, 5) is 15.6. The van der Waals surface area contributed by atoms with Crippen LogP contribution in [0.1, 0.15) is 77.0 Å². The van der Waals surface area contributed by atoms with E-state index < -0.39 is 10.0 Å². The molecule has 0 spiro atoms. The quantitative estimate of drug-likeness (QED) is 0.196. The zero-order chi connectivity index (χ0) is 32.2. The van der Waals surface area contributed by atoms with E-state index >= 15 is 0 Å². The summed E-state index contributed by atoms with van der Waals surface area (Å²) < 4.78 is 35.8. The van der Waals surface area contributed by atoms with Gasteiger partial charge in [0.15, 0.2) is 0 Å². The van der Waals surface area contributed by atoms with Crippen molar-refractivity contribution in [3.8, 4) is 5.75 Å². The second kappa shape index (κ2) is 13.3. The van der Waals surface area contributed by atoms with Gasteiger partial charge in [-0.15, -0.1) is 0 Å². The topological polar surface area (TPSA) is 75.7 Å². The number of aryl methyl sites for hydroxylation is 4. The lowest BCUT2D eigenvalue weighted by molar-refractivity contribution is 0.0752. The van der Waals surface area contributed by atoms with E-state index in [1.807, 2.05) is 65.8 Å². The average Bonchev–Trinajstić information content (AvgIpc) is 2.95. The monoisotopic (exact) mass is 612 g/mol. The SMILES string of the molecule is CCN(Cc1cc(C)c(OCc2ccccc2C)c(C)c1)C(=O)c1cccc(NS(=O)(=O)c2cc(C(C)(C)C)ccc2C)c1. The zero-order valence-corrected chi connectivity index (χ0v) is 27.9. The van der Waals surface area contributed by atoms with Crippen LogP contribution >= 0.6 is 0 Å². The minimum Gasteiger partial charge on any atom is -0.488 e. The van der Waals surface area contributed by atoms with E-state index in [1.54, 1.807) is 42.2 Å². The molecule has 0 bridgehead atoms. The maximum Gasteiger partial charge on any atom is 0.262 e. The van der Waals surface area contributed by atoms with Crippen LogP contribution < -0.4 is 9.46 Å². The summed E-state index contributed by atoms with van der Waals surface area (Å²) >= 11 is 0. The molecular formula is C37H44N2O4S. The summed E-state index contributed by atoms with van der Waals surface area (Å²) in [6, 6.07) is 24.5. The molecule has 0 unspecified atom stereocenters. The highest BCUT2D eigenvalue weighted by Gasteiger charge is 2.23. The Labute approximate surface area is 263 Å². The Kier molecular flexibility index (Phi) is 9.89. The van der Waals surface area contributed by atoms with E-state index in [1.165, 1.54) is 5.56 Å². The molecule has 0 atom stereocenters. The van der Waals surface area contributed by atoms with E-state index in [9.17, 15) is 13.2 Å². The number of carbonyl (C=O) groups is 1. The van der Waals surface area contributed by atoms with Gasteiger partial charge in [0.2, 0.25) is 0 Å². The Morgan fingerprint density at radius 3 is 2.14 bits per heavy atom. The third-order valence-corrected chi connectivity index (χ3v) is 9.42. The molecule has 0 saturated carbocycles. The van der Waals surface area contributed by atoms with Gasteiger partial charge in [0.25, 0.3) is 15.9 Å². The van der Waals surface area contributed by atoms with Crippen molar-refractivity contribution in [3.63, 3.8) is 0 Å². The van der Waals surface area contributed by atoms with Crippen molar-refractivity contribution in [1.82, 2.24) is 4.90 Å². The Balaban J connectivity index is 1.50. The summed E-state index contributed by atoms with van der Waals surface area (Å²) in [6.45, 7) is 17.4. The fourth-order valence-corrected chi connectivity index (χ4v) is 6.61. The number of rotatable bonds is 10. The number of anilines is 1. The van der Waals surface area contributed by atoms with Crippen molar-refractivity contribution in [1.29, 1.82) is 0 Å². The number of carbonyl (C=O) groups excluding carboxylic acids is 1. The Morgan fingerprint density at radius 2 is 1.50 bits per heavy atom. The van der Waals surface area contributed by atoms with Gasteiger partial charge in [-0.3, -0.25) is 9.52 Å². The fourth-order valence-electron chi connectivity index (χ4n) is 5.29. The second-order valence-electron chi connectivity index (χ2n) is 12.5. The number of amides is 1. The summed E-state index contributed by atoms with van der Waals surface area (Å²) in [7, 11) is -3.87. The molecule has 0 aliphatic rings. The first-order chi connectivity index (χ1) is 20.7. The molecule has 0 radical (unpaired) electrons. The highest BCUT2D eigenvalue weighted by molar-refractivity contribution is 7.92. The van der Waals surface area contributed by atoms with Gasteiger partial charge in [0.1, 0.15) is 12.4 Å². The number of ether oxygens (including phenoxy) is 1. The molecule has 0 fully saturated rings. The molecule has 0 aliphatic carbocycles. The van der Waals surface area contributed by atoms with Crippen LogP contribution in [0.15, 0.2) is 83.8 Å². The molecule has 0 saturated heterocycles. The molecule has 6 nitrogen and oxygen atoms in total. The molecule has 4 aromatic rings. The van der Waals surface area contributed by atoms with Crippen LogP contribution in [-0.4, -0.2) is 25.8 Å². The van der Waals surface area contributed by atoms with Crippen molar-refractivity contribution in [2.45, 2.75) is 78.9 Å². The maximum absolute atomic E-state index is 13.6. The predicted molar refractivity (Wildman–Crippen MR) is 179 cm³/mol. The second-order valence-corrected chi connectivity index (χ2v) is 14.2. The minimum atomic E-state index is -3.87. The van der Waals surface area contributed by atoms with Gasteiger partial charge < -0.3 is 9.64 Å². The number of nitrogens with zero attached hydrogens (tertiary/aromatic N) is 1. The smallest absolute Gasteiger partial charge is 0.262 e. The highest BCUT2D eigenvalue weighted by atomic mass is 32.2. The minimum absolute atomic E-state index is 0.172. The van der Waals surface area contributed by atoms with E-state index in [0.717, 1.165) is 33.6 Å². The van der Waals surface area contributed by atoms with Crippen LogP contribution in [0.25, 0.3) is 0 Å². The first-order valence-electron chi connectivity index (χ1n) is 15.0. The molecule has 0 aliphatic heterocycles. The van der Waals surface area contributed by atoms with Crippen LogP contribution in [0.5, 0.6) is 5.75 Å². The van der Waals surface area contributed by atoms with Crippen LogP contribution in [0.3, 0.4) is 0 Å². The molecule has 232 valence electrons. The lowest BCUT2D eigenvalue weighted by atomic mass is 9.87. The third-order valence-electron chi connectivity index (χ3n) is 7.90. The van der Waals surface area contributed by atoms with Gasteiger partial charge in [-0.2, -0.15) is 0 Å². The van der Waals surface area contributed by atoms with Crippen molar-refractivity contribution < 1.29 is 17.9 Å². The molecule has 4 rings (SSSR count). The van der Waals surface area contributed by atoms with Crippen molar-refractivity contribution in [2.24, 2.45) is 0 Å². The maximum atomic E-state index is 13.6. The third kappa shape index (κ3) is 7.69. The lowest BCUT2D eigenvalue weighted by Gasteiger charge is -2.23. The Bertz CT molecular complexity index is 1750. The largest absolute Gasteiger partial charge is 0.488 e. The van der Waals surface area contributed by atoms with Crippen molar-refractivity contribution in [2.75, 3.05) is 11.3 Å².